The van der Waals surface area contributed by atoms with Gasteiger partial charge in [0.25, 0.3) is 0 Å². The monoisotopic (exact) mass is 866 g/mol. The van der Waals surface area contributed by atoms with Gasteiger partial charge in [-0.1, -0.05) is 243 Å². The lowest BCUT2D eigenvalue weighted by atomic mass is 10.4. The number of rotatable bonds is 8. The van der Waals surface area contributed by atoms with Crippen molar-refractivity contribution >= 4 is 84.3 Å². The maximum absolute atomic E-state index is 8.57. The predicted octanol–water partition coefficient (Wildman–Crippen LogP) is 5.81. The van der Waals surface area contributed by atoms with Crippen LogP contribution in [0.5, 0.6) is 0 Å². The summed E-state index contributed by atoms with van der Waals surface area (Å²) in [5.74, 6) is 0. The maximum atomic E-state index is 8.57. The van der Waals surface area contributed by atoms with Crippen molar-refractivity contribution in [3.63, 3.8) is 0 Å². The van der Waals surface area contributed by atoms with E-state index in [4.69, 9.17) is 20.6 Å². The number of benzene rings is 8. The van der Waals surface area contributed by atoms with Crippen molar-refractivity contribution in [1.82, 2.24) is 0 Å². The van der Waals surface area contributed by atoms with Gasteiger partial charge in [-0.3, -0.25) is 0 Å². The molecule has 1 aliphatic rings. The molecule has 0 bridgehead atoms. The first-order valence-corrected chi connectivity index (χ1v) is 30.4. The Morgan fingerprint density at radius 3 is 0.483 bits per heavy atom. The van der Waals surface area contributed by atoms with Gasteiger partial charge in [0.1, 0.15) is 0 Å². The summed E-state index contributed by atoms with van der Waals surface area (Å²) in [5.41, 5.74) is 0. The van der Waals surface area contributed by atoms with Gasteiger partial charge in [0.15, 0.2) is 0 Å². The predicted molar refractivity (Wildman–Crippen MR) is 255 cm³/mol. The highest BCUT2D eigenvalue weighted by atomic mass is 28.5. The van der Waals surface area contributed by atoms with E-state index < -0.39 is 42.8 Å². The van der Waals surface area contributed by atoms with Gasteiger partial charge in [-0.15, -0.1) is 0 Å². The van der Waals surface area contributed by atoms with Crippen LogP contribution in [-0.4, -0.2) is 42.8 Å². The fraction of sp³-hybridized carbons (Fsp3) is 0.0400. The molecular weight excluding hydrogens is 821 g/mol. The van der Waals surface area contributed by atoms with E-state index in [0.717, 1.165) is 41.5 Å². The Kier molecular flexibility index (Phi) is 11.3. The van der Waals surface area contributed by atoms with Gasteiger partial charge in [-0.05, 0) is 54.6 Å². The van der Waals surface area contributed by atoms with E-state index in [9.17, 15) is 0 Å². The van der Waals surface area contributed by atoms with E-state index in [-0.39, 0.29) is 0 Å². The van der Waals surface area contributed by atoms with Crippen molar-refractivity contribution in [2.45, 2.75) is 13.1 Å². The topological polar surface area (TPSA) is 46.2 Å². The van der Waals surface area contributed by atoms with Crippen LogP contribution in [0.1, 0.15) is 0 Å². The van der Waals surface area contributed by atoms with E-state index in [1.54, 1.807) is 0 Å². The second kappa shape index (κ2) is 17.0. The molecule has 1 saturated heterocycles. The van der Waals surface area contributed by atoms with E-state index in [1.165, 1.54) is 0 Å². The summed E-state index contributed by atoms with van der Waals surface area (Å²) in [6, 6.07) is 84.1. The van der Waals surface area contributed by atoms with Crippen LogP contribution in [0.15, 0.2) is 243 Å². The zero-order chi connectivity index (χ0) is 40.9. The molecule has 0 aliphatic carbocycles. The van der Waals surface area contributed by atoms with Crippen molar-refractivity contribution in [2.75, 3.05) is 0 Å². The fourth-order valence-electron chi connectivity index (χ4n) is 8.27. The van der Waals surface area contributed by atoms with Crippen LogP contribution in [-0.2, 0) is 20.6 Å². The molecule has 0 aromatic heterocycles. The van der Waals surface area contributed by atoms with Crippen molar-refractivity contribution in [3.8, 4) is 0 Å². The molecule has 0 saturated carbocycles. The van der Waals surface area contributed by atoms with Crippen molar-refractivity contribution in [3.05, 3.63) is 243 Å². The largest absolute Gasteiger partial charge is 0.409 e. The normalized spacial score (nSPS) is 17.8. The lowest BCUT2D eigenvalue weighted by Gasteiger charge is -2.52. The molecule has 9 rings (SSSR count). The standard InChI is InChI=1S/C50H46O5Si5/c1-56(2)51-57(43-27-11-3-12-28-43,44-29-13-4-14-30-44)53-59(47-35-19-7-20-36-47,48-37-21-8-22-38-48)55-60(49-39-23-9-24-40-49,50-41-25-10-26-42-50)54-58(52-56,45-31-15-5-16-32-45)46-33-17-6-18-34-46/h3-42H,1-2H3. The molecule has 8 aromatic rings. The molecule has 8 aromatic carbocycles. The second-order valence-corrected chi connectivity index (χ2v) is 31.7. The third-order valence-electron chi connectivity index (χ3n) is 10.9. The van der Waals surface area contributed by atoms with Gasteiger partial charge < -0.3 is 20.6 Å². The van der Waals surface area contributed by atoms with E-state index >= 15 is 0 Å². The Labute approximate surface area is 358 Å². The molecule has 0 spiro atoms. The van der Waals surface area contributed by atoms with E-state index in [1.807, 2.05) is 24.3 Å². The Morgan fingerprint density at radius 1 is 0.200 bits per heavy atom. The molecule has 0 radical (unpaired) electrons. The number of hydrogen-bond donors (Lipinski definition) is 0. The smallest absolute Gasteiger partial charge is 0.390 e. The van der Waals surface area contributed by atoms with Gasteiger partial charge in [0.05, 0.1) is 0 Å². The molecule has 10 heteroatoms. The third kappa shape index (κ3) is 7.52. The summed E-state index contributed by atoms with van der Waals surface area (Å²) >= 11 is 0. The molecule has 296 valence electrons. The van der Waals surface area contributed by atoms with E-state index in [0.29, 0.717) is 0 Å². The highest BCUT2D eigenvalue weighted by molar-refractivity contribution is 7.14. The SMILES string of the molecule is C[Si]1(C)O[Si](c2ccccc2)(c2ccccc2)O[Si](c2ccccc2)(c2ccccc2)O[Si](c2ccccc2)(c2ccccc2)O[Si](c2ccccc2)(c2ccccc2)O1. The lowest BCUT2D eigenvalue weighted by Crippen LogP contribution is -2.85. The zero-order valence-electron chi connectivity index (χ0n) is 33.6. The summed E-state index contributed by atoms with van der Waals surface area (Å²) in [4.78, 5) is 0. The third-order valence-corrected chi connectivity index (χ3v) is 32.8. The van der Waals surface area contributed by atoms with Crippen LogP contribution in [0.25, 0.3) is 0 Å². The van der Waals surface area contributed by atoms with Crippen LogP contribution < -0.4 is 41.5 Å². The molecule has 1 aliphatic heterocycles. The van der Waals surface area contributed by atoms with Gasteiger partial charge in [-0.25, -0.2) is 0 Å². The van der Waals surface area contributed by atoms with Crippen LogP contribution in [0.3, 0.4) is 0 Å². The average molecular weight is 867 g/mol. The summed E-state index contributed by atoms with van der Waals surface area (Å²) in [5, 5.41) is 7.65. The van der Waals surface area contributed by atoms with E-state index in [2.05, 4.69) is 231 Å². The van der Waals surface area contributed by atoms with Gasteiger partial charge >= 0.3 is 42.8 Å². The Morgan fingerprint density at radius 2 is 0.333 bits per heavy atom. The average Bonchev–Trinajstić information content (AvgIpc) is 3.32. The first-order chi connectivity index (χ1) is 29.4. The van der Waals surface area contributed by atoms with Gasteiger partial charge in [-0.2, -0.15) is 0 Å². The summed E-state index contributed by atoms with van der Waals surface area (Å²) < 4.78 is 41.4. The fourth-order valence-corrected chi connectivity index (χ4v) is 35.3. The molecule has 1 fully saturated rings. The van der Waals surface area contributed by atoms with Crippen molar-refractivity contribution < 1.29 is 20.6 Å². The number of hydrogen-bond acceptors (Lipinski definition) is 5. The van der Waals surface area contributed by atoms with Crippen LogP contribution >= 0.6 is 0 Å². The first kappa shape index (κ1) is 40.1. The molecule has 0 amide bonds. The molecular formula is C50H46O5Si5. The minimum Gasteiger partial charge on any atom is -0.409 e. The zero-order valence-corrected chi connectivity index (χ0v) is 38.6. The molecule has 0 atom stereocenters. The van der Waals surface area contributed by atoms with Crippen molar-refractivity contribution in [1.29, 1.82) is 0 Å². The highest BCUT2D eigenvalue weighted by Crippen LogP contribution is 2.32. The molecule has 60 heavy (non-hydrogen) atoms. The van der Waals surface area contributed by atoms with Gasteiger partial charge in [0, 0.05) is 0 Å². The maximum Gasteiger partial charge on any atom is 0.390 e. The molecule has 0 unspecified atom stereocenters. The molecule has 1 heterocycles. The second-order valence-electron chi connectivity index (χ2n) is 15.3. The van der Waals surface area contributed by atoms with Crippen LogP contribution in [0.2, 0.25) is 13.1 Å². The Balaban J connectivity index is 1.50. The van der Waals surface area contributed by atoms with Crippen LogP contribution in [0, 0.1) is 0 Å². The van der Waals surface area contributed by atoms with Gasteiger partial charge in [0.2, 0.25) is 0 Å². The minimum atomic E-state index is -4.04. The van der Waals surface area contributed by atoms with Crippen molar-refractivity contribution in [2.24, 2.45) is 0 Å². The summed E-state index contributed by atoms with van der Waals surface area (Å²) in [6.45, 7) is 4.32. The Hall–Kier alpha value is -5.36. The van der Waals surface area contributed by atoms with Crippen LogP contribution in [0.4, 0.5) is 0 Å². The lowest BCUT2D eigenvalue weighted by molar-refractivity contribution is 0.262. The summed E-state index contributed by atoms with van der Waals surface area (Å²) in [7, 11) is -19.2. The highest BCUT2D eigenvalue weighted by Gasteiger charge is 2.66. The Bertz CT molecular complexity index is 2250. The molecule has 5 nitrogen and oxygen atoms in total. The quantitative estimate of drug-likeness (QED) is 0.181. The summed E-state index contributed by atoms with van der Waals surface area (Å²) in [6.07, 6.45) is 0. The minimum absolute atomic E-state index is 0.948. The molecule has 0 N–H and O–H groups in total. The first-order valence-electron chi connectivity index (χ1n) is 20.3.